The Morgan fingerprint density at radius 1 is 1.03 bits per heavy atom. The van der Waals surface area contributed by atoms with Gasteiger partial charge in [0, 0.05) is 13.1 Å². The Bertz CT molecular complexity index is 921. The lowest BCUT2D eigenvalue weighted by atomic mass is 9.82. The highest BCUT2D eigenvalue weighted by Crippen LogP contribution is 2.36. The third-order valence-corrected chi connectivity index (χ3v) is 6.85. The number of hydrogen-bond acceptors (Lipinski definition) is 3. The molecule has 1 N–H and O–H groups in total. The van der Waals surface area contributed by atoms with Crippen LogP contribution < -0.4 is 10.1 Å². The molecule has 1 heterocycles. The molecule has 1 saturated heterocycles. The molecule has 0 atom stereocenters. The van der Waals surface area contributed by atoms with E-state index in [9.17, 15) is 13.6 Å². The van der Waals surface area contributed by atoms with Crippen LogP contribution in [0.2, 0.25) is 5.02 Å². The zero-order chi connectivity index (χ0) is 22.5. The van der Waals surface area contributed by atoms with Crippen molar-refractivity contribution in [3.05, 3.63) is 63.7 Å². The lowest BCUT2D eigenvalue weighted by Gasteiger charge is -2.36. The summed E-state index contributed by atoms with van der Waals surface area (Å²) in [4.78, 5) is 15.0. The quantitative estimate of drug-likeness (QED) is 0.538. The lowest BCUT2D eigenvalue weighted by molar-refractivity contribution is 0.0616. The number of hydrogen-bond donors (Lipinski definition) is 1. The fraction of sp³-hybridized carbons (Fsp3) is 0.480. The van der Waals surface area contributed by atoms with Crippen molar-refractivity contribution in [2.75, 3.05) is 19.6 Å². The van der Waals surface area contributed by atoms with Crippen LogP contribution in [0.3, 0.4) is 0 Å². The summed E-state index contributed by atoms with van der Waals surface area (Å²) in [6.45, 7) is 1.92. The van der Waals surface area contributed by atoms with Crippen molar-refractivity contribution in [3.8, 4) is 5.75 Å². The standard InChI is InChI=1S/C25H29ClF2N2O2/c26-24-20(16-30-9-1-2-10-30)7-4-8-22(24)32-21-11-17(12-21)15-29-25(31)23-18(13-27)5-3-6-19(23)14-28/h3-8,17,21H,1-2,9-16H2,(H,29,31). The van der Waals surface area contributed by atoms with Crippen LogP contribution >= 0.6 is 11.6 Å². The van der Waals surface area contributed by atoms with Gasteiger partial charge in [-0.05, 0) is 67.4 Å². The van der Waals surface area contributed by atoms with Crippen LogP contribution in [0.4, 0.5) is 8.78 Å². The third kappa shape index (κ3) is 5.24. The van der Waals surface area contributed by atoms with E-state index in [1.807, 2.05) is 18.2 Å². The number of rotatable bonds is 9. The largest absolute Gasteiger partial charge is 0.489 e. The van der Waals surface area contributed by atoms with E-state index in [0.29, 0.717) is 17.3 Å². The Morgan fingerprint density at radius 2 is 1.66 bits per heavy atom. The van der Waals surface area contributed by atoms with Crippen molar-refractivity contribution in [2.45, 2.75) is 51.7 Å². The number of carbonyl (C=O) groups excluding carboxylic acids is 1. The van der Waals surface area contributed by atoms with E-state index < -0.39 is 19.3 Å². The third-order valence-electron chi connectivity index (χ3n) is 6.43. The number of benzene rings is 2. The Balaban J connectivity index is 1.27. The first-order valence-corrected chi connectivity index (χ1v) is 11.6. The van der Waals surface area contributed by atoms with E-state index in [1.165, 1.54) is 25.0 Å². The van der Waals surface area contributed by atoms with Crippen LogP contribution in [0.25, 0.3) is 0 Å². The van der Waals surface area contributed by atoms with Gasteiger partial charge in [-0.1, -0.05) is 41.9 Å². The average Bonchev–Trinajstić information content (AvgIpc) is 3.29. The average molecular weight is 463 g/mol. The SMILES string of the molecule is O=C(NCC1CC(Oc2cccc(CN3CCCC3)c2Cl)C1)c1c(CF)cccc1CF. The van der Waals surface area contributed by atoms with Crippen LogP contribution in [-0.2, 0) is 19.9 Å². The van der Waals surface area contributed by atoms with Crippen LogP contribution in [0.5, 0.6) is 5.75 Å². The number of nitrogens with one attached hydrogen (secondary N) is 1. The zero-order valence-electron chi connectivity index (χ0n) is 18.1. The van der Waals surface area contributed by atoms with E-state index >= 15 is 0 Å². The molecule has 2 aliphatic rings. The maximum Gasteiger partial charge on any atom is 0.252 e. The summed E-state index contributed by atoms with van der Waals surface area (Å²) in [7, 11) is 0. The maximum absolute atomic E-state index is 13.2. The molecule has 2 fully saturated rings. The van der Waals surface area contributed by atoms with Gasteiger partial charge >= 0.3 is 0 Å². The van der Waals surface area contributed by atoms with E-state index in [2.05, 4.69) is 10.2 Å². The molecular formula is C25H29ClF2N2O2. The molecule has 1 aliphatic carbocycles. The molecule has 4 rings (SSSR count). The fourth-order valence-corrected chi connectivity index (χ4v) is 4.79. The molecule has 0 unspecified atom stereocenters. The summed E-state index contributed by atoms with van der Waals surface area (Å²) in [6, 6.07) is 10.5. The number of ether oxygens (including phenoxy) is 1. The predicted octanol–water partition coefficient (Wildman–Crippen LogP) is 5.46. The van der Waals surface area contributed by atoms with Crippen molar-refractivity contribution in [1.82, 2.24) is 10.2 Å². The molecule has 1 aliphatic heterocycles. The van der Waals surface area contributed by atoms with E-state index in [-0.39, 0.29) is 28.7 Å². The van der Waals surface area contributed by atoms with Gasteiger partial charge in [0.05, 0.1) is 16.7 Å². The zero-order valence-corrected chi connectivity index (χ0v) is 18.8. The highest BCUT2D eigenvalue weighted by atomic mass is 35.5. The molecule has 1 saturated carbocycles. The van der Waals surface area contributed by atoms with Crippen molar-refractivity contribution >= 4 is 17.5 Å². The van der Waals surface area contributed by atoms with Gasteiger partial charge in [-0.15, -0.1) is 0 Å². The highest BCUT2D eigenvalue weighted by Gasteiger charge is 2.32. The van der Waals surface area contributed by atoms with E-state index in [1.54, 1.807) is 6.07 Å². The molecular weight excluding hydrogens is 434 g/mol. The minimum Gasteiger partial charge on any atom is -0.489 e. The van der Waals surface area contributed by atoms with Crippen LogP contribution in [-0.4, -0.2) is 36.5 Å². The van der Waals surface area contributed by atoms with Crippen LogP contribution in [0.1, 0.15) is 52.7 Å². The summed E-state index contributed by atoms with van der Waals surface area (Å²) in [5.41, 5.74) is 1.64. The normalized spacial score (nSPS) is 20.7. The predicted molar refractivity (Wildman–Crippen MR) is 122 cm³/mol. The minimum absolute atomic E-state index is 0.0518. The smallest absolute Gasteiger partial charge is 0.252 e. The van der Waals surface area contributed by atoms with Crippen molar-refractivity contribution in [3.63, 3.8) is 0 Å². The monoisotopic (exact) mass is 462 g/mol. The second kappa shape index (κ2) is 10.6. The Morgan fingerprint density at radius 3 is 2.31 bits per heavy atom. The molecule has 0 bridgehead atoms. The minimum atomic E-state index is -0.798. The topological polar surface area (TPSA) is 41.6 Å². The highest BCUT2D eigenvalue weighted by molar-refractivity contribution is 6.32. The first kappa shape index (κ1) is 23.0. The second-order valence-corrected chi connectivity index (χ2v) is 9.10. The first-order chi connectivity index (χ1) is 15.6. The van der Waals surface area contributed by atoms with Crippen LogP contribution in [0.15, 0.2) is 36.4 Å². The molecule has 0 spiro atoms. The second-order valence-electron chi connectivity index (χ2n) is 8.72. The Labute approximate surface area is 192 Å². The lowest BCUT2D eigenvalue weighted by Crippen LogP contribution is -2.41. The summed E-state index contributed by atoms with van der Waals surface area (Å²) >= 11 is 6.61. The van der Waals surface area contributed by atoms with Gasteiger partial charge in [0.15, 0.2) is 0 Å². The Hall–Kier alpha value is -2.18. The molecule has 32 heavy (non-hydrogen) atoms. The summed E-state index contributed by atoms with van der Waals surface area (Å²) in [5, 5.41) is 3.51. The number of likely N-dealkylation sites (tertiary alicyclic amines) is 1. The molecule has 4 nitrogen and oxygen atoms in total. The number of carbonyl (C=O) groups is 1. The molecule has 0 aromatic heterocycles. The maximum atomic E-state index is 13.2. The van der Waals surface area contributed by atoms with E-state index in [0.717, 1.165) is 38.0 Å². The van der Waals surface area contributed by atoms with Crippen molar-refractivity contribution in [1.29, 1.82) is 0 Å². The van der Waals surface area contributed by atoms with Gasteiger partial charge in [0.2, 0.25) is 0 Å². The van der Waals surface area contributed by atoms with Crippen molar-refractivity contribution < 1.29 is 18.3 Å². The van der Waals surface area contributed by atoms with Crippen LogP contribution in [0, 0.1) is 5.92 Å². The number of halogens is 3. The number of nitrogens with zero attached hydrogens (tertiary/aromatic N) is 1. The number of alkyl halides is 2. The molecule has 1 amide bonds. The van der Waals surface area contributed by atoms with Gasteiger partial charge in [-0.3, -0.25) is 9.69 Å². The molecule has 2 aromatic rings. The molecule has 2 aromatic carbocycles. The van der Waals surface area contributed by atoms with Gasteiger partial charge in [-0.2, -0.15) is 0 Å². The first-order valence-electron chi connectivity index (χ1n) is 11.3. The van der Waals surface area contributed by atoms with Gasteiger partial charge < -0.3 is 10.1 Å². The molecule has 172 valence electrons. The summed E-state index contributed by atoms with van der Waals surface area (Å²) < 4.78 is 32.6. The summed E-state index contributed by atoms with van der Waals surface area (Å²) in [5.74, 6) is 0.551. The molecule has 0 radical (unpaired) electrons. The molecule has 7 heteroatoms. The Kier molecular flexibility index (Phi) is 7.63. The van der Waals surface area contributed by atoms with Crippen molar-refractivity contribution in [2.24, 2.45) is 5.92 Å². The van der Waals surface area contributed by atoms with E-state index in [4.69, 9.17) is 16.3 Å². The van der Waals surface area contributed by atoms with Gasteiger partial charge in [-0.25, -0.2) is 8.78 Å². The van der Waals surface area contributed by atoms with Gasteiger partial charge in [0.25, 0.3) is 5.91 Å². The van der Waals surface area contributed by atoms with Gasteiger partial charge in [0.1, 0.15) is 19.1 Å². The summed E-state index contributed by atoms with van der Waals surface area (Å²) in [6.07, 6.45) is 4.13. The fourth-order valence-electron chi connectivity index (χ4n) is 4.56. The number of amides is 1.